The third kappa shape index (κ3) is 1.60. The van der Waals surface area contributed by atoms with Crippen LogP contribution in [0.3, 0.4) is 0 Å². The first kappa shape index (κ1) is 9.21. The second kappa shape index (κ2) is 3.84. The van der Waals surface area contributed by atoms with Crippen molar-refractivity contribution in [2.45, 2.75) is 44.9 Å². The Balaban J connectivity index is 1.66. The highest BCUT2D eigenvalue weighted by Crippen LogP contribution is 2.41. The van der Waals surface area contributed by atoms with Gasteiger partial charge in [0.05, 0.1) is 0 Å². The Kier molecular flexibility index (Phi) is 2.53. The molecule has 0 aromatic heterocycles. The van der Waals surface area contributed by atoms with E-state index in [1.165, 1.54) is 51.7 Å². The predicted molar refractivity (Wildman–Crippen MR) is 59.2 cm³/mol. The maximum atomic E-state index is 2.72. The molecule has 4 aliphatic rings. The molecule has 2 bridgehead atoms. The molecule has 4 fully saturated rings. The molecule has 4 rings (SSSR count). The zero-order valence-electron chi connectivity index (χ0n) is 9.25. The molecule has 14 heavy (non-hydrogen) atoms. The fraction of sp³-hybridized carbons (Fsp3) is 1.00. The normalized spacial score (nSPS) is 44.1. The molecule has 1 heteroatoms. The zero-order valence-corrected chi connectivity index (χ0v) is 9.25. The van der Waals surface area contributed by atoms with Crippen LogP contribution in [0.4, 0.5) is 0 Å². The largest absolute Gasteiger partial charge is 0.303 e. The van der Waals surface area contributed by atoms with E-state index in [4.69, 9.17) is 0 Å². The quantitative estimate of drug-likeness (QED) is 0.619. The molecule has 1 atom stereocenters. The van der Waals surface area contributed by atoms with Crippen molar-refractivity contribution >= 4 is 0 Å². The summed E-state index contributed by atoms with van der Waals surface area (Å²) in [5.41, 5.74) is 0. The van der Waals surface area contributed by atoms with Crippen LogP contribution >= 0.6 is 0 Å². The maximum absolute atomic E-state index is 2.72. The highest BCUT2D eigenvalue weighted by molar-refractivity contribution is 4.90. The molecule has 3 saturated heterocycles. The van der Waals surface area contributed by atoms with E-state index in [2.05, 4.69) is 4.90 Å². The molecule has 0 spiro atoms. The van der Waals surface area contributed by atoms with E-state index >= 15 is 0 Å². The van der Waals surface area contributed by atoms with Gasteiger partial charge in [0.1, 0.15) is 0 Å². The lowest BCUT2D eigenvalue weighted by Crippen LogP contribution is -2.49. The van der Waals surface area contributed by atoms with E-state index in [9.17, 15) is 0 Å². The van der Waals surface area contributed by atoms with Gasteiger partial charge in [0.25, 0.3) is 0 Å². The third-order valence-electron chi connectivity index (χ3n) is 4.96. The second-order valence-corrected chi connectivity index (χ2v) is 5.70. The van der Waals surface area contributed by atoms with Crippen molar-refractivity contribution in [3.8, 4) is 0 Å². The van der Waals surface area contributed by atoms with E-state index < -0.39 is 0 Å². The summed E-state index contributed by atoms with van der Waals surface area (Å²) in [6, 6.07) is 0. The number of hydrogen-bond donors (Lipinski definition) is 0. The lowest BCUT2D eigenvalue weighted by atomic mass is 9.68. The van der Waals surface area contributed by atoms with E-state index in [1.807, 2.05) is 0 Å². The van der Waals surface area contributed by atoms with Gasteiger partial charge in [0, 0.05) is 6.54 Å². The fourth-order valence-electron chi connectivity index (χ4n) is 4.11. The van der Waals surface area contributed by atoms with Crippen LogP contribution in [0, 0.1) is 17.8 Å². The number of nitrogens with zero attached hydrogens (tertiary/aromatic N) is 1. The van der Waals surface area contributed by atoms with Gasteiger partial charge in [-0.2, -0.15) is 0 Å². The standard InChI is InChI=1S/C13H23N/c1-2-4-11(5-3-1)13-10-14-8-6-12(13)7-9-14/h11-13H,1-10H2. The summed E-state index contributed by atoms with van der Waals surface area (Å²) >= 11 is 0. The number of hydrogen-bond acceptors (Lipinski definition) is 1. The minimum atomic E-state index is 1.10. The monoisotopic (exact) mass is 193 g/mol. The van der Waals surface area contributed by atoms with Crippen LogP contribution in [0.25, 0.3) is 0 Å². The molecule has 0 aromatic rings. The molecular weight excluding hydrogens is 170 g/mol. The first-order valence-electron chi connectivity index (χ1n) is 6.66. The summed E-state index contributed by atoms with van der Waals surface area (Å²) in [5, 5.41) is 0. The predicted octanol–water partition coefficient (Wildman–Crippen LogP) is 2.91. The van der Waals surface area contributed by atoms with E-state index in [0.717, 1.165) is 17.8 Å². The summed E-state index contributed by atoms with van der Waals surface area (Å²) in [5.74, 6) is 3.32. The van der Waals surface area contributed by atoms with Gasteiger partial charge in [0.2, 0.25) is 0 Å². The molecule has 3 aliphatic heterocycles. The van der Waals surface area contributed by atoms with Crippen molar-refractivity contribution in [3.05, 3.63) is 0 Å². The lowest BCUT2D eigenvalue weighted by molar-refractivity contribution is 0.00941. The van der Waals surface area contributed by atoms with Crippen LogP contribution in [0.15, 0.2) is 0 Å². The van der Waals surface area contributed by atoms with Crippen LogP contribution in [-0.2, 0) is 0 Å². The minimum absolute atomic E-state index is 1.10. The van der Waals surface area contributed by atoms with Gasteiger partial charge in [-0.25, -0.2) is 0 Å². The molecule has 3 heterocycles. The SMILES string of the molecule is C1CCC(C2CN3CCC2CC3)CC1. The van der Waals surface area contributed by atoms with Gasteiger partial charge >= 0.3 is 0 Å². The second-order valence-electron chi connectivity index (χ2n) is 5.70. The molecule has 80 valence electrons. The Morgan fingerprint density at radius 3 is 1.93 bits per heavy atom. The Bertz CT molecular complexity index is 187. The lowest BCUT2D eigenvalue weighted by Gasteiger charge is -2.48. The average molecular weight is 193 g/mol. The molecule has 0 radical (unpaired) electrons. The Morgan fingerprint density at radius 1 is 0.714 bits per heavy atom. The van der Waals surface area contributed by atoms with Gasteiger partial charge < -0.3 is 4.90 Å². The maximum Gasteiger partial charge on any atom is 0.00150 e. The number of piperidine rings is 3. The summed E-state index contributed by atoms with van der Waals surface area (Å²) in [6.07, 6.45) is 10.7. The fourth-order valence-corrected chi connectivity index (χ4v) is 4.11. The van der Waals surface area contributed by atoms with Gasteiger partial charge in [-0.15, -0.1) is 0 Å². The average Bonchev–Trinajstić information content (AvgIpc) is 2.32. The molecule has 0 N–H and O–H groups in total. The Labute approximate surface area is 87.9 Å². The molecule has 1 nitrogen and oxygen atoms in total. The van der Waals surface area contributed by atoms with Gasteiger partial charge in [-0.1, -0.05) is 32.1 Å². The van der Waals surface area contributed by atoms with E-state index in [1.54, 1.807) is 12.8 Å². The van der Waals surface area contributed by atoms with Crippen LogP contribution in [0.1, 0.15) is 44.9 Å². The van der Waals surface area contributed by atoms with Crippen LogP contribution in [0.5, 0.6) is 0 Å². The van der Waals surface area contributed by atoms with E-state index in [0.29, 0.717) is 0 Å². The summed E-state index contributed by atoms with van der Waals surface area (Å²) in [7, 11) is 0. The van der Waals surface area contributed by atoms with Crippen molar-refractivity contribution in [1.82, 2.24) is 4.90 Å². The highest BCUT2D eigenvalue weighted by atomic mass is 15.1. The summed E-state index contributed by atoms with van der Waals surface area (Å²) < 4.78 is 0. The first-order chi connectivity index (χ1) is 6.93. The Morgan fingerprint density at radius 2 is 1.36 bits per heavy atom. The molecular formula is C13H23N. The smallest absolute Gasteiger partial charge is 0.00150 e. The van der Waals surface area contributed by atoms with Gasteiger partial charge in [0.15, 0.2) is 0 Å². The van der Waals surface area contributed by atoms with Crippen molar-refractivity contribution in [3.63, 3.8) is 0 Å². The van der Waals surface area contributed by atoms with Crippen molar-refractivity contribution in [2.24, 2.45) is 17.8 Å². The zero-order chi connectivity index (χ0) is 9.38. The molecule has 0 amide bonds. The summed E-state index contributed by atoms with van der Waals surface area (Å²) in [4.78, 5) is 2.72. The number of rotatable bonds is 1. The molecule has 0 aromatic carbocycles. The minimum Gasteiger partial charge on any atom is -0.303 e. The van der Waals surface area contributed by atoms with Crippen molar-refractivity contribution < 1.29 is 0 Å². The van der Waals surface area contributed by atoms with Crippen molar-refractivity contribution in [1.29, 1.82) is 0 Å². The van der Waals surface area contributed by atoms with Gasteiger partial charge in [-0.05, 0) is 43.7 Å². The molecule has 1 aliphatic carbocycles. The molecule has 1 unspecified atom stereocenters. The first-order valence-corrected chi connectivity index (χ1v) is 6.66. The van der Waals surface area contributed by atoms with E-state index in [-0.39, 0.29) is 0 Å². The molecule has 1 saturated carbocycles. The van der Waals surface area contributed by atoms with Crippen LogP contribution in [-0.4, -0.2) is 24.5 Å². The number of fused-ring (bicyclic) bond motifs is 3. The summed E-state index contributed by atoms with van der Waals surface area (Å²) in [6.45, 7) is 4.27. The van der Waals surface area contributed by atoms with Crippen molar-refractivity contribution in [2.75, 3.05) is 19.6 Å². The Hall–Kier alpha value is -0.0400. The third-order valence-corrected chi connectivity index (χ3v) is 4.96. The highest BCUT2D eigenvalue weighted by Gasteiger charge is 2.38. The topological polar surface area (TPSA) is 3.24 Å². The van der Waals surface area contributed by atoms with Crippen LogP contribution in [0.2, 0.25) is 0 Å². The van der Waals surface area contributed by atoms with Crippen LogP contribution < -0.4 is 0 Å². The van der Waals surface area contributed by atoms with Gasteiger partial charge in [-0.3, -0.25) is 0 Å².